The highest BCUT2D eigenvalue weighted by Crippen LogP contribution is 2.15. The summed E-state index contributed by atoms with van der Waals surface area (Å²) >= 11 is 0. The van der Waals surface area contributed by atoms with Gasteiger partial charge >= 0.3 is 5.97 Å². The average Bonchev–Trinajstić information content (AvgIpc) is 2.99. The van der Waals surface area contributed by atoms with Gasteiger partial charge in [-0.3, -0.25) is 15.0 Å². The lowest BCUT2D eigenvalue weighted by atomic mass is 9.99. The van der Waals surface area contributed by atoms with Crippen LogP contribution in [0.15, 0.2) is 24.3 Å². The molecule has 7 heteroatoms. The zero-order valence-electron chi connectivity index (χ0n) is 14.0. The molecule has 1 fully saturated rings. The Hall–Kier alpha value is -2.12. The van der Waals surface area contributed by atoms with Crippen LogP contribution in [0.4, 0.5) is 0 Å². The lowest BCUT2D eigenvalue weighted by molar-refractivity contribution is -0.141. The number of rotatable bonds is 8. The maximum absolute atomic E-state index is 12.1. The van der Waals surface area contributed by atoms with E-state index in [-0.39, 0.29) is 24.5 Å². The maximum Gasteiger partial charge on any atom is 0.308 e. The van der Waals surface area contributed by atoms with Gasteiger partial charge in [0.05, 0.1) is 12.5 Å². The number of nitrogens with one attached hydrogen (secondary N) is 3. The predicted octanol–water partition coefficient (Wildman–Crippen LogP) is 0.700. The Morgan fingerprint density at radius 2 is 2.04 bits per heavy atom. The number of carbonyl (C=O) groups excluding carboxylic acids is 1. The molecule has 0 aromatic heterocycles. The molecule has 3 atom stereocenters. The first-order chi connectivity index (χ1) is 11.5. The van der Waals surface area contributed by atoms with E-state index in [0.29, 0.717) is 19.4 Å². The van der Waals surface area contributed by atoms with Crippen molar-refractivity contribution in [1.29, 1.82) is 0 Å². The fourth-order valence-electron chi connectivity index (χ4n) is 2.65. The molecule has 1 saturated heterocycles. The number of carboxylic acid groups (broad SMARTS) is 1. The van der Waals surface area contributed by atoms with Crippen LogP contribution < -0.4 is 20.9 Å². The number of carboxylic acids is 1. The van der Waals surface area contributed by atoms with Gasteiger partial charge in [0, 0.05) is 12.6 Å². The van der Waals surface area contributed by atoms with Gasteiger partial charge in [-0.05, 0) is 44.4 Å². The SMILES string of the molecule is CCOc1ccc(CC(CNC(=O)C2CC(C)NN2)C(=O)O)cc1. The van der Waals surface area contributed by atoms with Gasteiger partial charge in [0.15, 0.2) is 0 Å². The molecule has 0 aliphatic carbocycles. The van der Waals surface area contributed by atoms with Crippen molar-refractivity contribution in [3.8, 4) is 5.75 Å². The van der Waals surface area contributed by atoms with Gasteiger partial charge in [0.25, 0.3) is 0 Å². The molecule has 1 aromatic carbocycles. The number of benzene rings is 1. The second-order valence-corrected chi connectivity index (χ2v) is 6.04. The third kappa shape index (κ3) is 5.21. The highest BCUT2D eigenvalue weighted by atomic mass is 16.5. The number of ether oxygens (including phenoxy) is 1. The monoisotopic (exact) mass is 335 g/mol. The van der Waals surface area contributed by atoms with Crippen LogP contribution in [0.3, 0.4) is 0 Å². The Labute approximate surface area is 141 Å². The lowest BCUT2D eigenvalue weighted by Gasteiger charge is -2.16. The van der Waals surface area contributed by atoms with Gasteiger partial charge in [-0.2, -0.15) is 0 Å². The zero-order chi connectivity index (χ0) is 17.5. The first-order valence-corrected chi connectivity index (χ1v) is 8.23. The number of hydrazine groups is 1. The molecule has 0 bridgehead atoms. The van der Waals surface area contributed by atoms with E-state index in [4.69, 9.17) is 4.74 Å². The third-order valence-corrected chi connectivity index (χ3v) is 4.00. The van der Waals surface area contributed by atoms with Gasteiger partial charge in [0.1, 0.15) is 11.8 Å². The largest absolute Gasteiger partial charge is 0.494 e. The molecule has 1 aromatic rings. The van der Waals surface area contributed by atoms with Crippen molar-refractivity contribution in [2.24, 2.45) is 5.92 Å². The molecular formula is C17H25N3O4. The summed E-state index contributed by atoms with van der Waals surface area (Å²) in [6.45, 7) is 4.58. The summed E-state index contributed by atoms with van der Waals surface area (Å²) in [6, 6.07) is 7.26. The molecule has 0 saturated carbocycles. The standard InChI is InChI=1S/C17H25N3O4/c1-3-24-14-6-4-12(5-7-14)9-13(17(22)23)10-18-16(21)15-8-11(2)19-20-15/h4-7,11,13,15,19-20H,3,8-10H2,1-2H3,(H,18,21)(H,22,23). The summed E-state index contributed by atoms with van der Waals surface area (Å²) in [4.78, 5) is 23.5. The molecule has 24 heavy (non-hydrogen) atoms. The summed E-state index contributed by atoms with van der Waals surface area (Å²) in [5.74, 6) is -1.01. The lowest BCUT2D eigenvalue weighted by Crippen LogP contribution is -2.45. The highest BCUT2D eigenvalue weighted by molar-refractivity contribution is 5.82. The number of carbonyl (C=O) groups is 2. The smallest absolute Gasteiger partial charge is 0.308 e. The van der Waals surface area contributed by atoms with Crippen LogP contribution in [0.1, 0.15) is 25.8 Å². The van der Waals surface area contributed by atoms with Crippen LogP contribution in [0.5, 0.6) is 5.75 Å². The predicted molar refractivity (Wildman–Crippen MR) is 89.6 cm³/mol. The van der Waals surface area contributed by atoms with Crippen molar-refractivity contribution in [1.82, 2.24) is 16.2 Å². The van der Waals surface area contributed by atoms with E-state index in [1.807, 2.05) is 38.1 Å². The van der Waals surface area contributed by atoms with E-state index in [1.165, 1.54) is 0 Å². The summed E-state index contributed by atoms with van der Waals surface area (Å²) in [5, 5.41) is 12.1. The molecule has 3 unspecified atom stereocenters. The highest BCUT2D eigenvalue weighted by Gasteiger charge is 2.27. The summed E-state index contributed by atoms with van der Waals surface area (Å²) in [7, 11) is 0. The summed E-state index contributed by atoms with van der Waals surface area (Å²) < 4.78 is 5.37. The summed E-state index contributed by atoms with van der Waals surface area (Å²) in [6.07, 6.45) is 1.04. The molecule has 0 radical (unpaired) electrons. The molecule has 0 spiro atoms. The van der Waals surface area contributed by atoms with Crippen molar-refractivity contribution in [3.05, 3.63) is 29.8 Å². The molecule has 4 N–H and O–H groups in total. The molecule has 1 aliphatic rings. The molecule has 2 rings (SSSR count). The Bertz CT molecular complexity index is 561. The van der Waals surface area contributed by atoms with Crippen LogP contribution in [0.25, 0.3) is 0 Å². The van der Waals surface area contributed by atoms with Crippen molar-refractivity contribution < 1.29 is 19.4 Å². The van der Waals surface area contributed by atoms with Gasteiger partial charge in [0.2, 0.25) is 5.91 Å². The van der Waals surface area contributed by atoms with Crippen LogP contribution in [-0.4, -0.2) is 42.2 Å². The van der Waals surface area contributed by atoms with E-state index >= 15 is 0 Å². The van der Waals surface area contributed by atoms with Crippen molar-refractivity contribution in [3.63, 3.8) is 0 Å². The van der Waals surface area contributed by atoms with E-state index in [0.717, 1.165) is 11.3 Å². The molecule has 1 heterocycles. The first-order valence-electron chi connectivity index (χ1n) is 8.23. The number of hydrogen-bond acceptors (Lipinski definition) is 5. The Kier molecular flexibility index (Phi) is 6.57. The number of aliphatic carboxylic acids is 1. The van der Waals surface area contributed by atoms with Gasteiger partial charge < -0.3 is 15.2 Å². The Morgan fingerprint density at radius 1 is 1.33 bits per heavy atom. The van der Waals surface area contributed by atoms with Gasteiger partial charge in [-0.1, -0.05) is 12.1 Å². The Balaban J connectivity index is 1.87. The second-order valence-electron chi connectivity index (χ2n) is 6.04. The molecule has 132 valence electrons. The minimum Gasteiger partial charge on any atom is -0.494 e. The normalized spacial score (nSPS) is 21.2. The number of amides is 1. The zero-order valence-corrected chi connectivity index (χ0v) is 14.0. The topological polar surface area (TPSA) is 99.7 Å². The molecule has 7 nitrogen and oxygen atoms in total. The quantitative estimate of drug-likeness (QED) is 0.558. The average molecular weight is 335 g/mol. The van der Waals surface area contributed by atoms with Crippen molar-refractivity contribution >= 4 is 11.9 Å². The summed E-state index contributed by atoms with van der Waals surface area (Å²) in [5.41, 5.74) is 6.78. The van der Waals surface area contributed by atoms with E-state index in [1.54, 1.807) is 0 Å². The first kappa shape index (κ1) is 18.2. The van der Waals surface area contributed by atoms with E-state index in [2.05, 4.69) is 16.2 Å². The fourth-order valence-corrected chi connectivity index (χ4v) is 2.65. The van der Waals surface area contributed by atoms with Gasteiger partial charge in [-0.15, -0.1) is 0 Å². The van der Waals surface area contributed by atoms with Crippen molar-refractivity contribution in [2.75, 3.05) is 13.2 Å². The number of hydrogen-bond donors (Lipinski definition) is 4. The Morgan fingerprint density at radius 3 is 2.58 bits per heavy atom. The molecular weight excluding hydrogens is 310 g/mol. The molecule has 1 aliphatic heterocycles. The van der Waals surface area contributed by atoms with Crippen LogP contribution >= 0.6 is 0 Å². The minimum absolute atomic E-state index is 0.105. The minimum atomic E-state index is -0.921. The van der Waals surface area contributed by atoms with Crippen LogP contribution in [-0.2, 0) is 16.0 Å². The third-order valence-electron chi connectivity index (χ3n) is 4.00. The van der Waals surface area contributed by atoms with Crippen LogP contribution in [0.2, 0.25) is 0 Å². The van der Waals surface area contributed by atoms with E-state index in [9.17, 15) is 14.7 Å². The second kappa shape index (κ2) is 8.65. The van der Waals surface area contributed by atoms with Gasteiger partial charge in [-0.25, -0.2) is 5.43 Å². The van der Waals surface area contributed by atoms with E-state index < -0.39 is 11.9 Å². The molecule has 1 amide bonds. The van der Waals surface area contributed by atoms with Crippen LogP contribution in [0, 0.1) is 5.92 Å². The van der Waals surface area contributed by atoms with Crippen molar-refractivity contribution in [2.45, 2.75) is 38.8 Å². The fraction of sp³-hybridized carbons (Fsp3) is 0.529. The maximum atomic E-state index is 12.1.